The van der Waals surface area contributed by atoms with Gasteiger partial charge in [0.2, 0.25) is 0 Å². The SMILES string of the molecule is CCc1cn[nH]c1C1CCCN(Cc2ccn[nH]2)C1. The third kappa shape index (κ3) is 2.71. The molecule has 19 heavy (non-hydrogen) atoms. The molecule has 2 aromatic heterocycles. The van der Waals surface area contributed by atoms with Gasteiger partial charge in [0.15, 0.2) is 0 Å². The zero-order chi connectivity index (χ0) is 13.1. The van der Waals surface area contributed by atoms with E-state index in [0.29, 0.717) is 5.92 Å². The number of aryl methyl sites for hydroxylation is 1. The van der Waals surface area contributed by atoms with Gasteiger partial charge >= 0.3 is 0 Å². The van der Waals surface area contributed by atoms with Crippen LogP contribution < -0.4 is 0 Å². The number of aromatic nitrogens is 4. The summed E-state index contributed by atoms with van der Waals surface area (Å²) in [6, 6.07) is 2.05. The third-order valence-corrected chi connectivity index (χ3v) is 4.00. The van der Waals surface area contributed by atoms with E-state index in [4.69, 9.17) is 0 Å². The maximum Gasteiger partial charge on any atom is 0.0522 e. The monoisotopic (exact) mass is 259 g/mol. The van der Waals surface area contributed by atoms with E-state index in [0.717, 1.165) is 19.5 Å². The molecule has 2 N–H and O–H groups in total. The van der Waals surface area contributed by atoms with Crippen LogP contribution in [0.25, 0.3) is 0 Å². The van der Waals surface area contributed by atoms with Crippen molar-refractivity contribution in [1.29, 1.82) is 0 Å². The van der Waals surface area contributed by atoms with Crippen LogP contribution in [0.2, 0.25) is 0 Å². The zero-order valence-electron chi connectivity index (χ0n) is 11.4. The molecule has 3 heterocycles. The molecule has 1 saturated heterocycles. The van der Waals surface area contributed by atoms with Gasteiger partial charge in [-0.15, -0.1) is 0 Å². The summed E-state index contributed by atoms with van der Waals surface area (Å²) in [6.07, 6.45) is 7.36. The fourth-order valence-corrected chi connectivity index (χ4v) is 3.00. The van der Waals surface area contributed by atoms with Crippen LogP contribution in [-0.2, 0) is 13.0 Å². The number of nitrogens with zero attached hydrogens (tertiary/aromatic N) is 3. The Morgan fingerprint density at radius 2 is 2.32 bits per heavy atom. The third-order valence-electron chi connectivity index (χ3n) is 4.00. The summed E-state index contributed by atoms with van der Waals surface area (Å²) in [6.45, 7) is 5.44. The molecule has 0 bridgehead atoms. The van der Waals surface area contributed by atoms with Crippen molar-refractivity contribution in [1.82, 2.24) is 25.3 Å². The average Bonchev–Trinajstić information content (AvgIpc) is 3.09. The summed E-state index contributed by atoms with van der Waals surface area (Å²) < 4.78 is 0. The Morgan fingerprint density at radius 1 is 1.37 bits per heavy atom. The molecule has 0 spiro atoms. The summed E-state index contributed by atoms with van der Waals surface area (Å²) in [4.78, 5) is 2.50. The van der Waals surface area contributed by atoms with E-state index in [1.807, 2.05) is 12.4 Å². The second kappa shape index (κ2) is 5.57. The molecule has 1 fully saturated rings. The summed E-state index contributed by atoms with van der Waals surface area (Å²) >= 11 is 0. The Balaban J connectivity index is 1.68. The zero-order valence-corrected chi connectivity index (χ0v) is 11.4. The molecular weight excluding hydrogens is 238 g/mol. The molecule has 1 aliphatic heterocycles. The van der Waals surface area contributed by atoms with Crippen LogP contribution in [0.5, 0.6) is 0 Å². The quantitative estimate of drug-likeness (QED) is 0.883. The fourth-order valence-electron chi connectivity index (χ4n) is 3.00. The maximum absolute atomic E-state index is 4.21. The van der Waals surface area contributed by atoms with Gasteiger partial charge in [0.25, 0.3) is 0 Å². The minimum absolute atomic E-state index is 0.592. The molecule has 3 rings (SSSR count). The van der Waals surface area contributed by atoms with E-state index in [9.17, 15) is 0 Å². The maximum atomic E-state index is 4.21. The summed E-state index contributed by atoms with van der Waals surface area (Å²) in [7, 11) is 0. The van der Waals surface area contributed by atoms with Crippen LogP contribution in [0.3, 0.4) is 0 Å². The number of piperidine rings is 1. The van der Waals surface area contributed by atoms with Crippen molar-refractivity contribution in [3.8, 4) is 0 Å². The molecule has 2 aromatic rings. The first kappa shape index (κ1) is 12.4. The summed E-state index contributed by atoms with van der Waals surface area (Å²) in [5, 5.41) is 14.5. The van der Waals surface area contributed by atoms with Gasteiger partial charge in [0.05, 0.1) is 6.20 Å². The fraction of sp³-hybridized carbons (Fsp3) is 0.571. The molecule has 0 saturated carbocycles. The lowest BCUT2D eigenvalue weighted by Crippen LogP contribution is -2.34. The molecule has 1 atom stereocenters. The number of hydrogen-bond donors (Lipinski definition) is 2. The average molecular weight is 259 g/mol. The minimum atomic E-state index is 0.592. The van der Waals surface area contributed by atoms with Crippen molar-refractivity contribution in [2.75, 3.05) is 13.1 Å². The normalized spacial score (nSPS) is 20.8. The van der Waals surface area contributed by atoms with E-state index in [1.165, 1.54) is 36.3 Å². The molecule has 1 unspecified atom stereocenters. The van der Waals surface area contributed by atoms with E-state index in [1.54, 1.807) is 0 Å². The highest BCUT2D eigenvalue weighted by molar-refractivity contribution is 5.21. The number of aromatic amines is 2. The Labute approximate surface area is 113 Å². The molecule has 5 heteroatoms. The van der Waals surface area contributed by atoms with Gasteiger partial charge in [-0.25, -0.2) is 0 Å². The minimum Gasteiger partial charge on any atom is -0.297 e. The van der Waals surface area contributed by atoms with Crippen LogP contribution in [0, 0.1) is 0 Å². The molecule has 1 aliphatic rings. The topological polar surface area (TPSA) is 60.6 Å². The Kier molecular flexibility index (Phi) is 3.64. The first-order valence-electron chi connectivity index (χ1n) is 7.09. The van der Waals surface area contributed by atoms with Crippen LogP contribution in [-0.4, -0.2) is 38.4 Å². The van der Waals surface area contributed by atoms with Crippen LogP contribution in [0.1, 0.15) is 42.6 Å². The smallest absolute Gasteiger partial charge is 0.0522 e. The molecule has 0 radical (unpaired) electrons. The number of hydrogen-bond acceptors (Lipinski definition) is 3. The van der Waals surface area contributed by atoms with E-state index in [-0.39, 0.29) is 0 Å². The molecular formula is C14H21N5. The lowest BCUT2D eigenvalue weighted by atomic mass is 9.92. The van der Waals surface area contributed by atoms with Crippen molar-refractivity contribution in [3.63, 3.8) is 0 Å². The number of nitrogens with one attached hydrogen (secondary N) is 2. The van der Waals surface area contributed by atoms with Gasteiger partial charge in [-0.2, -0.15) is 10.2 Å². The first-order valence-corrected chi connectivity index (χ1v) is 7.09. The van der Waals surface area contributed by atoms with Gasteiger partial charge in [-0.1, -0.05) is 6.92 Å². The number of rotatable bonds is 4. The van der Waals surface area contributed by atoms with E-state index < -0.39 is 0 Å². The largest absolute Gasteiger partial charge is 0.297 e. The molecule has 0 aliphatic carbocycles. The van der Waals surface area contributed by atoms with Crippen molar-refractivity contribution >= 4 is 0 Å². The standard InChI is InChI=1S/C14H21N5/c1-2-11-8-16-18-14(11)12-4-3-7-19(9-12)10-13-5-6-15-17-13/h5-6,8,12H,2-4,7,9-10H2,1H3,(H,15,17)(H,16,18). The van der Waals surface area contributed by atoms with Gasteiger partial charge in [-0.3, -0.25) is 15.1 Å². The van der Waals surface area contributed by atoms with Gasteiger partial charge in [0.1, 0.15) is 0 Å². The van der Waals surface area contributed by atoms with E-state index in [2.05, 4.69) is 38.3 Å². The Bertz CT molecular complexity index is 502. The lowest BCUT2D eigenvalue weighted by Gasteiger charge is -2.32. The highest BCUT2D eigenvalue weighted by atomic mass is 15.2. The molecule has 5 nitrogen and oxygen atoms in total. The van der Waals surface area contributed by atoms with Crippen LogP contribution >= 0.6 is 0 Å². The summed E-state index contributed by atoms with van der Waals surface area (Å²) in [5.74, 6) is 0.592. The summed E-state index contributed by atoms with van der Waals surface area (Å²) in [5.41, 5.74) is 3.91. The molecule has 0 aromatic carbocycles. The van der Waals surface area contributed by atoms with E-state index >= 15 is 0 Å². The predicted molar refractivity (Wildman–Crippen MR) is 73.8 cm³/mol. The van der Waals surface area contributed by atoms with Crippen LogP contribution in [0.4, 0.5) is 0 Å². The molecule has 102 valence electrons. The highest BCUT2D eigenvalue weighted by Gasteiger charge is 2.24. The van der Waals surface area contributed by atoms with Crippen molar-refractivity contribution in [2.45, 2.75) is 38.6 Å². The van der Waals surface area contributed by atoms with Crippen molar-refractivity contribution < 1.29 is 0 Å². The Morgan fingerprint density at radius 3 is 3.11 bits per heavy atom. The highest BCUT2D eigenvalue weighted by Crippen LogP contribution is 2.28. The second-order valence-electron chi connectivity index (χ2n) is 5.32. The first-order chi connectivity index (χ1) is 9.36. The number of likely N-dealkylation sites (tertiary alicyclic amines) is 1. The predicted octanol–water partition coefficient (Wildman–Crippen LogP) is 2.07. The number of H-pyrrole nitrogens is 2. The van der Waals surface area contributed by atoms with Gasteiger partial charge in [0, 0.05) is 36.6 Å². The van der Waals surface area contributed by atoms with Crippen molar-refractivity contribution in [2.24, 2.45) is 0 Å². The van der Waals surface area contributed by atoms with Crippen molar-refractivity contribution in [3.05, 3.63) is 35.4 Å². The van der Waals surface area contributed by atoms with Gasteiger partial charge < -0.3 is 0 Å². The van der Waals surface area contributed by atoms with Gasteiger partial charge in [-0.05, 0) is 37.4 Å². The molecule has 0 amide bonds. The Hall–Kier alpha value is -1.62. The second-order valence-corrected chi connectivity index (χ2v) is 5.32. The lowest BCUT2D eigenvalue weighted by molar-refractivity contribution is 0.196. The van der Waals surface area contributed by atoms with Crippen LogP contribution in [0.15, 0.2) is 18.5 Å².